The standard InChI is InChI=1S/C32H33FN4O5/c1-20(22-10-13-34-14-11-22)41-30-18-26-24(17-29(30)40-2)27(12-15-35-26)42-28-9-8-23(16-25(28)33)37-32(39)31(38)36-19-21-6-4-3-5-7-21/h3-9,12,15-18,20,22,34H,10-11,13-14,19H2,1-2H3,(H,36,38)(H,37,39). The van der Waals surface area contributed by atoms with Crippen LogP contribution < -0.4 is 30.2 Å². The van der Waals surface area contributed by atoms with Crippen molar-refractivity contribution in [2.75, 3.05) is 25.5 Å². The topological polar surface area (TPSA) is 111 Å². The zero-order valence-corrected chi connectivity index (χ0v) is 23.5. The molecule has 3 N–H and O–H groups in total. The Morgan fingerprint density at radius 2 is 1.76 bits per heavy atom. The molecule has 1 aliphatic rings. The minimum absolute atomic E-state index is 0.000853. The maximum Gasteiger partial charge on any atom is 0.313 e. The minimum atomic E-state index is -0.904. The maximum atomic E-state index is 15.0. The van der Waals surface area contributed by atoms with Crippen molar-refractivity contribution in [3.8, 4) is 23.0 Å². The molecule has 218 valence electrons. The van der Waals surface area contributed by atoms with E-state index in [9.17, 15) is 9.59 Å². The summed E-state index contributed by atoms with van der Waals surface area (Å²) in [6.45, 7) is 4.22. The summed E-state index contributed by atoms with van der Waals surface area (Å²) in [6.07, 6.45) is 3.66. The quantitative estimate of drug-likeness (QED) is 0.237. The minimum Gasteiger partial charge on any atom is -0.493 e. The van der Waals surface area contributed by atoms with Gasteiger partial charge in [0.1, 0.15) is 5.75 Å². The molecule has 10 heteroatoms. The van der Waals surface area contributed by atoms with Crippen LogP contribution in [0.3, 0.4) is 0 Å². The molecule has 9 nitrogen and oxygen atoms in total. The number of amides is 2. The largest absolute Gasteiger partial charge is 0.493 e. The number of pyridine rings is 1. The fraction of sp³-hybridized carbons (Fsp3) is 0.281. The van der Waals surface area contributed by atoms with E-state index in [1.54, 1.807) is 31.5 Å². The highest BCUT2D eigenvalue weighted by Crippen LogP contribution is 2.39. The molecule has 1 aromatic heterocycles. The number of benzene rings is 3. The van der Waals surface area contributed by atoms with Gasteiger partial charge in [0.2, 0.25) is 0 Å². The van der Waals surface area contributed by atoms with Crippen molar-refractivity contribution in [1.29, 1.82) is 0 Å². The smallest absolute Gasteiger partial charge is 0.313 e. The van der Waals surface area contributed by atoms with Gasteiger partial charge < -0.3 is 30.2 Å². The predicted octanol–water partition coefficient (Wildman–Crippen LogP) is 5.20. The second kappa shape index (κ2) is 13.3. The van der Waals surface area contributed by atoms with Gasteiger partial charge in [-0.25, -0.2) is 4.39 Å². The number of fused-ring (bicyclic) bond motifs is 1. The second-order valence-electron chi connectivity index (χ2n) is 10.1. The number of anilines is 1. The fourth-order valence-electron chi connectivity index (χ4n) is 4.91. The summed E-state index contributed by atoms with van der Waals surface area (Å²) in [4.78, 5) is 28.9. The molecule has 1 unspecified atom stereocenters. The molecule has 2 amide bonds. The van der Waals surface area contributed by atoms with Gasteiger partial charge in [0.05, 0.1) is 18.7 Å². The first-order valence-electron chi connectivity index (χ1n) is 13.9. The molecule has 4 aromatic rings. The fourth-order valence-corrected chi connectivity index (χ4v) is 4.91. The van der Waals surface area contributed by atoms with E-state index in [4.69, 9.17) is 14.2 Å². The van der Waals surface area contributed by atoms with Crippen molar-refractivity contribution < 1.29 is 28.2 Å². The molecule has 3 aromatic carbocycles. The number of nitrogens with zero attached hydrogens (tertiary/aromatic N) is 1. The van der Waals surface area contributed by atoms with Crippen LogP contribution in [-0.2, 0) is 16.1 Å². The summed E-state index contributed by atoms with van der Waals surface area (Å²) in [5.74, 6) is -0.604. The van der Waals surface area contributed by atoms with Gasteiger partial charge in [-0.3, -0.25) is 14.6 Å². The zero-order chi connectivity index (χ0) is 29.5. The Balaban J connectivity index is 1.27. The Morgan fingerprint density at radius 1 is 0.976 bits per heavy atom. The average Bonchev–Trinajstić information content (AvgIpc) is 3.01. The number of halogens is 1. The van der Waals surface area contributed by atoms with Crippen molar-refractivity contribution >= 4 is 28.4 Å². The molecule has 2 heterocycles. The van der Waals surface area contributed by atoms with Crippen LogP contribution >= 0.6 is 0 Å². The average molecular weight is 573 g/mol. The number of ether oxygens (including phenoxy) is 3. The van der Waals surface area contributed by atoms with Gasteiger partial charge in [0, 0.05) is 35.9 Å². The Hall–Kier alpha value is -4.70. The van der Waals surface area contributed by atoms with Crippen LogP contribution in [0, 0.1) is 11.7 Å². The third kappa shape index (κ3) is 6.95. The van der Waals surface area contributed by atoms with Crippen LogP contribution in [0.5, 0.6) is 23.0 Å². The van der Waals surface area contributed by atoms with Gasteiger partial charge in [-0.2, -0.15) is 0 Å². The normalized spacial score (nSPS) is 14.2. The predicted molar refractivity (Wildman–Crippen MR) is 157 cm³/mol. The molecule has 0 spiro atoms. The molecular weight excluding hydrogens is 539 g/mol. The first kappa shape index (κ1) is 28.8. The SMILES string of the molecule is COc1cc2c(Oc3ccc(NC(=O)C(=O)NCc4ccccc4)cc3F)ccnc2cc1OC(C)C1CCNCC1. The Morgan fingerprint density at radius 3 is 2.50 bits per heavy atom. The first-order chi connectivity index (χ1) is 20.4. The van der Waals surface area contributed by atoms with Gasteiger partial charge in [-0.05, 0) is 68.6 Å². The van der Waals surface area contributed by atoms with E-state index >= 15 is 4.39 Å². The molecular formula is C32H33FN4O5. The molecule has 1 aliphatic heterocycles. The summed E-state index contributed by atoms with van der Waals surface area (Å²) in [7, 11) is 1.56. The number of methoxy groups -OCH3 is 1. The molecule has 0 saturated carbocycles. The zero-order valence-electron chi connectivity index (χ0n) is 23.5. The number of carbonyl (C=O) groups is 2. The van der Waals surface area contributed by atoms with Crippen LogP contribution in [0.25, 0.3) is 10.9 Å². The first-order valence-corrected chi connectivity index (χ1v) is 13.9. The van der Waals surface area contributed by atoms with Gasteiger partial charge in [0.25, 0.3) is 0 Å². The lowest BCUT2D eigenvalue weighted by Crippen LogP contribution is -2.35. The van der Waals surface area contributed by atoms with Crippen molar-refractivity contribution in [2.24, 2.45) is 5.92 Å². The molecule has 0 bridgehead atoms. The number of hydrogen-bond acceptors (Lipinski definition) is 7. The Bertz CT molecular complexity index is 1560. The van der Waals surface area contributed by atoms with Crippen molar-refractivity contribution in [3.05, 3.63) is 84.3 Å². The third-order valence-corrected chi connectivity index (χ3v) is 7.26. The lowest BCUT2D eigenvalue weighted by molar-refractivity contribution is -0.136. The van der Waals surface area contributed by atoms with E-state index in [0.29, 0.717) is 34.1 Å². The van der Waals surface area contributed by atoms with E-state index in [0.717, 1.165) is 37.6 Å². The molecule has 42 heavy (non-hydrogen) atoms. The lowest BCUT2D eigenvalue weighted by atomic mass is 9.93. The number of aromatic nitrogens is 1. The third-order valence-electron chi connectivity index (χ3n) is 7.26. The van der Waals surface area contributed by atoms with Crippen LogP contribution in [0.4, 0.5) is 10.1 Å². The molecule has 1 saturated heterocycles. The van der Waals surface area contributed by atoms with E-state index in [2.05, 4.69) is 27.9 Å². The van der Waals surface area contributed by atoms with Gasteiger partial charge in [-0.1, -0.05) is 30.3 Å². The number of rotatable bonds is 9. The van der Waals surface area contributed by atoms with E-state index < -0.39 is 17.6 Å². The second-order valence-corrected chi connectivity index (χ2v) is 10.1. The summed E-state index contributed by atoms with van der Waals surface area (Å²) in [5, 5.41) is 8.93. The number of piperidine rings is 1. The monoisotopic (exact) mass is 572 g/mol. The highest BCUT2D eigenvalue weighted by atomic mass is 19.1. The van der Waals surface area contributed by atoms with Crippen molar-refractivity contribution in [1.82, 2.24) is 15.6 Å². The number of nitrogens with one attached hydrogen (secondary N) is 3. The van der Waals surface area contributed by atoms with Gasteiger partial charge >= 0.3 is 11.8 Å². The number of hydrogen-bond donors (Lipinski definition) is 3. The van der Waals surface area contributed by atoms with Crippen molar-refractivity contribution in [3.63, 3.8) is 0 Å². The molecule has 0 aliphatic carbocycles. The van der Waals surface area contributed by atoms with Gasteiger partial charge in [0.15, 0.2) is 23.1 Å². The van der Waals surface area contributed by atoms with Crippen molar-refractivity contribution in [2.45, 2.75) is 32.4 Å². The van der Waals surface area contributed by atoms with Crippen LogP contribution in [0.2, 0.25) is 0 Å². The Kier molecular flexibility index (Phi) is 9.13. The van der Waals surface area contributed by atoms with E-state index in [1.807, 2.05) is 30.3 Å². The van der Waals surface area contributed by atoms with Crippen LogP contribution in [-0.4, -0.2) is 43.1 Å². The highest BCUT2D eigenvalue weighted by molar-refractivity contribution is 6.39. The lowest BCUT2D eigenvalue weighted by Gasteiger charge is -2.29. The summed E-state index contributed by atoms with van der Waals surface area (Å²) >= 11 is 0. The summed E-state index contributed by atoms with van der Waals surface area (Å²) in [6, 6.07) is 18.3. The van der Waals surface area contributed by atoms with Crippen LogP contribution in [0.1, 0.15) is 25.3 Å². The maximum absolute atomic E-state index is 15.0. The Labute approximate surface area is 243 Å². The van der Waals surface area contributed by atoms with E-state index in [-0.39, 0.29) is 24.1 Å². The molecule has 1 fully saturated rings. The highest BCUT2D eigenvalue weighted by Gasteiger charge is 2.23. The molecule has 1 atom stereocenters. The van der Waals surface area contributed by atoms with E-state index in [1.165, 1.54) is 12.1 Å². The molecule has 5 rings (SSSR count). The van der Waals surface area contributed by atoms with Gasteiger partial charge in [-0.15, -0.1) is 0 Å². The van der Waals surface area contributed by atoms with Crippen LogP contribution in [0.15, 0.2) is 72.9 Å². The summed E-state index contributed by atoms with van der Waals surface area (Å²) < 4.78 is 32.9. The molecule has 0 radical (unpaired) electrons. The number of carbonyl (C=O) groups excluding carboxylic acids is 2. The summed E-state index contributed by atoms with van der Waals surface area (Å²) in [5.41, 5.74) is 1.57.